The van der Waals surface area contributed by atoms with Crippen molar-refractivity contribution in [1.82, 2.24) is 0 Å². The lowest BCUT2D eigenvalue weighted by molar-refractivity contribution is -0.147. The Morgan fingerprint density at radius 2 is 1.59 bits per heavy atom. The SMILES string of the molecule is CCOc1ccc(NC(=O)CCCC(=O)OCC(=O)Nc2cccc(C(F)(F)F)c2)cc1. The lowest BCUT2D eigenvalue weighted by Crippen LogP contribution is -2.21. The van der Waals surface area contributed by atoms with Crippen LogP contribution in [0.5, 0.6) is 5.75 Å². The minimum Gasteiger partial charge on any atom is -0.494 e. The van der Waals surface area contributed by atoms with Crippen LogP contribution in [0.3, 0.4) is 0 Å². The minimum atomic E-state index is -4.54. The van der Waals surface area contributed by atoms with E-state index in [0.717, 1.165) is 18.2 Å². The summed E-state index contributed by atoms with van der Waals surface area (Å²) in [4.78, 5) is 35.4. The summed E-state index contributed by atoms with van der Waals surface area (Å²) in [6.07, 6.45) is -4.35. The molecule has 0 heterocycles. The van der Waals surface area contributed by atoms with Crippen LogP contribution in [-0.4, -0.2) is 31.0 Å². The quantitative estimate of drug-likeness (QED) is 0.522. The number of hydrogen-bond donors (Lipinski definition) is 2. The third-order valence-electron chi connectivity index (χ3n) is 4.07. The molecule has 0 aliphatic rings. The third-order valence-corrected chi connectivity index (χ3v) is 4.07. The Balaban J connectivity index is 1.66. The Hall–Kier alpha value is -3.56. The molecular formula is C22H23F3N2O5. The maximum Gasteiger partial charge on any atom is 0.416 e. The van der Waals surface area contributed by atoms with Gasteiger partial charge in [-0.15, -0.1) is 0 Å². The number of carbonyl (C=O) groups is 3. The Morgan fingerprint density at radius 3 is 2.25 bits per heavy atom. The van der Waals surface area contributed by atoms with E-state index < -0.39 is 30.2 Å². The van der Waals surface area contributed by atoms with Crippen LogP contribution in [0.1, 0.15) is 31.7 Å². The molecule has 2 rings (SSSR count). The van der Waals surface area contributed by atoms with E-state index >= 15 is 0 Å². The fourth-order valence-corrected chi connectivity index (χ4v) is 2.61. The number of amides is 2. The first-order chi connectivity index (χ1) is 15.2. The minimum absolute atomic E-state index is 0.0631. The van der Waals surface area contributed by atoms with Gasteiger partial charge < -0.3 is 20.1 Å². The predicted octanol–water partition coefficient (Wildman–Crippen LogP) is 4.39. The highest BCUT2D eigenvalue weighted by Crippen LogP contribution is 2.30. The summed E-state index contributed by atoms with van der Waals surface area (Å²) in [6.45, 7) is 1.76. The molecule has 0 saturated heterocycles. The molecule has 0 aromatic heterocycles. The summed E-state index contributed by atoms with van der Waals surface area (Å²) in [5.41, 5.74) is -0.380. The first kappa shape index (κ1) is 24.7. The maximum absolute atomic E-state index is 12.7. The van der Waals surface area contributed by atoms with Gasteiger partial charge in [0, 0.05) is 24.2 Å². The topological polar surface area (TPSA) is 93.7 Å². The highest BCUT2D eigenvalue weighted by Gasteiger charge is 2.30. The molecular weight excluding hydrogens is 429 g/mol. The van der Waals surface area contributed by atoms with Crippen LogP contribution in [0.2, 0.25) is 0 Å². The van der Waals surface area contributed by atoms with Crippen molar-refractivity contribution in [2.75, 3.05) is 23.8 Å². The Bertz CT molecular complexity index is 930. The third kappa shape index (κ3) is 8.66. The van der Waals surface area contributed by atoms with Gasteiger partial charge in [0.05, 0.1) is 12.2 Å². The molecule has 0 atom stereocenters. The van der Waals surface area contributed by atoms with E-state index in [0.29, 0.717) is 18.0 Å². The maximum atomic E-state index is 12.7. The van der Waals surface area contributed by atoms with E-state index in [-0.39, 0.29) is 30.9 Å². The van der Waals surface area contributed by atoms with Gasteiger partial charge in [-0.25, -0.2) is 0 Å². The number of esters is 1. The first-order valence-electron chi connectivity index (χ1n) is 9.83. The van der Waals surface area contributed by atoms with Gasteiger partial charge >= 0.3 is 12.1 Å². The summed E-state index contributed by atoms with van der Waals surface area (Å²) in [6, 6.07) is 10.9. The van der Waals surface area contributed by atoms with Crippen molar-refractivity contribution < 1.29 is 37.0 Å². The molecule has 0 unspecified atom stereocenters. The summed E-state index contributed by atoms with van der Waals surface area (Å²) in [5.74, 6) is -1.07. The van der Waals surface area contributed by atoms with Gasteiger partial charge in [0.15, 0.2) is 6.61 Å². The van der Waals surface area contributed by atoms with Crippen molar-refractivity contribution >= 4 is 29.2 Å². The molecule has 172 valence electrons. The molecule has 10 heteroatoms. The van der Waals surface area contributed by atoms with Crippen molar-refractivity contribution in [3.63, 3.8) is 0 Å². The molecule has 2 amide bonds. The second kappa shape index (κ2) is 11.7. The lowest BCUT2D eigenvalue weighted by Gasteiger charge is -2.10. The van der Waals surface area contributed by atoms with E-state index in [1.54, 1.807) is 24.3 Å². The monoisotopic (exact) mass is 452 g/mol. The van der Waals surface area contributed by atoms with Gasteiger partial charge in [-0.3, -0.25) is 14.4 Å². The first-order valence-corrected chi connectivity index (χ1v) is 9.83. The van der Waals surface area contributed by atoms with Crippen LogP contribution in [0.4, 0.5) is 24.5 Å². The van der Waals surface area contributed by atoms with Crippen molar-refractivity contribution in [3.05, 3.63) is 54.1 Å². The van der Waals surface area contributed by atoms with E-state index in [9.17, 15) is 27.6 Å². The van der Waals surface area contributed by atoms with Crippen LogP contribution in [0.25, 0.3) is 0 Å². The van der Waals surface area contributed by atoms with Crippen LogP contribution >= 0.6 is 0 Å². The molecule has 0 fully saturated rings. The number of anilines is 2. The molecule has 0 saturated carbocycles. The number of carbonyl (C=O) groups excluding carboxylic acids is 3. The predicted molar refractivity (Wildman–Crippen MR) is 111 cm³/mol. The van der Waals surface area contributed by atoms with Crippen LogP contribution < -0.4 is 15.4 Å². The molecule has 7 nitrogen and oxygen atoms in total. The fourth-order valence-electron chi connectivity index (χ4n) is 2.61. The number of alkyl halides is 3. The Kier molecular flexibility index (Phi) is 9.06. The second-order valence-electron chi connectivity index (χ2n) is 6.65. The zero-order valence-corrected chi connectivity index (χ0v) is 17.3. The molecule has 2 aromatic rings. The number of halogens is 3. The van der Waals surface area contributed by atoms with Gasteiger partial charge in [-0.05, 0) is 55.8 Å². The molecule has 2 N–H and O–H groups in total. The zero-order valence-electron chi connectivity index (χ0n) is 17.3. The molecule has 0 aliphatic heterocycles. The average molecular weight is 452 g/mol. The van der Waals surface area contributed by atoms with Gasteiger partial charge in [-0.1, -0.05) is 6.07 Å². The summed E-state index contributed by atoms with van der Waals surface area (Å²) in [5, 5.41) is 4.92. The zero-order chi connectivity index (χ0) is 23.6. The van der Waals surface area contributed by atoms with Gasteiger partial charge in [0.2, 0.25) is 5.91 Å². The van der Waals surface area contributed by atoms with Gasteiger partial charge in [-0.2, -0.15) is 13.2 Å². The lowest BCUT2D eigenvalue weighted by atomic mass is 10.2. The fraction of sp³-hybridized carbons (Fsp3) is 0.318. The normalized spacial score (nSPS) is 10.9. The van der Waals surface area contributed by atoms with Crippen molar-refractivity contribution in [2.45, 2.75) is 32.4 Å². The smallest absolute Gasteiger partial charge is 0.416 e. The summed E-state index contributed by atoms with van der Waals surface area (Å²) in [7, 11) is 0. The number of ether oxygens (including phenoxy) is 2. The highest BCUT2D eigenvalue weighted by atomic mass is 19.4. The molecule has 0 bridgehead atoms. The highest BCUT2D eigenvalue weighted by molar-refractivity contribution is 5.93. The van der Waals surface area contributed by atoms with E-state index in [4.69, 9.17) is 9.47 Å². The van der Waals surface area contributed by atoms with Crippen molar-refractivity contribution in [1.29, 1.82) is 0 Å². The number of nitrogens with one attached hydrogen (secondary N) is 2. The van der Waals surface area contributed by atoms with Gasteiger partial charge in [0.25, 0.3) is 5.91 Å². The largest absolute Gasteiger partial charge is 0.494 e. The van der Waals surface area contributed by atoms with E-state index in [2.05, 4.69) is 10.6 Å². The van der Waals surface area contributed by atoms with Crippen LogP contribution in [0, 0.1) is 0 Å². The molecule has 2 aromatic carbocycles. The summed E-state index contributed by atoms with van der Waals surface area (Å²) >= 11 is 0. The van der Waals surface area contributed by atoms with Crippen molar-refractivity contribution in [2.24, 2.45) is 0 Å². The van der Waals surface area contributed by atoms with Gasteiger partial charge in [0.1, 0.15) is 5.75 Å². The Labute approximate surface area is 182 Å². The van der Waals surface area contributed by atoms with Crippen LogP contribution in [-0.2, 0) is 25.3 Å². The molecule has 0 aliphatic carbocycles. The summed E-state index contributed by atoms with van der Waals surface area (Å²) < 4.78 is 48.2. The molecule has 0 radical (unpaired) electrons. The second-order valence-corrected chi connectivity index (χ2v) is 6.65. The Morgan fingerprint density at radius 1 is 0.906 bits per heavy atom. The van der Waals surface area contributed by atoms with Crippen LogP contribution in [0.15, 0.2) is 48.5 Å². The van der Waals surface area contributed by atoms with E-state index in [1.807, 2.05) is 6.92 Å². The van der Waals surface area contributed by atoms with E-state index in [1.165, 1.54) is 6.07 Å². The molecule has 32 heavy (non-hydrogen) atoms. The average Bonchev–Trinajstić information content (AvgIpc) is 2.73. The number of hydrogen-bond acceptors (Lipinski definition) is 5. The number of benzene rings is 2. The van der Waals surface area contributed by atoms with Crippen molar-refractivity contribution in [3.8, 4) is 5.75 Å². The molecule has 0 spiro atoms. The number of rotatable bonds is 10. The standard InChI is InChI=1S/C22H23F3N2O5/c1-2-31-18-11-9-16(10-12-18)26-19(28)7-4-8-21(30)32-14-20(29)27-17-6-3-5-15(13-17)22(23,24)25/h3,5-6,9-13H,2,4,7-8,14H2,1H3,(H,26,28)(H,27,29).